The lowest BCUT2D eigenvalue weighted by molar-refractivity contribution is -0.0757. The van der Waals surface area contributed by atoms with Crippen LogP contribution in [0.3, 0.4) is 0 Å². The van der Waals surface area contributed by atoms with Gasteiger partial charge in [0.25, 0.3) is 5.91 Å². The highest BCUT2D eigenvalue weighted by molar-refractivity contribution is 7.99. The number of nitrogens with zero attached hydrogens (tertiary/aromatic N) is 2. The van der Waals surface area contributed by atoms with E-state index < -0.39 is 0 Å². The Kier molecular flexibility index (Phi) is 4.43. The first-order valence-corrected chi connectivity index (χ1v) is 6.89. The third kappa shape index (κ3) is 3.14. The summed E-state index contributed by atoms with van der Waals surface area (Å²) in [6.07, 6.45) is 2.81. The Hall–Kier alpha value is -1.27. The maximum absolute atomic E-state index is 11.9. The van der Waals surface area contributed by atoms with Gasteiger partial charge in [-0.05, 0) is 18.2 Å². The Morgan fingerprint density at radius 1 is 1.61 bits per heavy atom. The number of aromatic nitrogens is 1. The Morgan fingerprint density at radius 3 is 3.11 bits per heavy atom. The lowest BCUT2D eigenvalue weighted by atomic mass is 10.2. The number of rotatable bonds is 4. The highest BCUT2D eigenvalue weighted by Crippen LogP contribution is 2.22. The van der Waals surface area contributed by atoms with Crippen LogP contribution in [0.1, 0.15) is 16.8 Å². The summed E-state index contributed by atoms with van der Waals surface area (Å²) in [6.45, 7) is 0. The molecule has 1 atom stereocenters. The highest BCUT2D eigenvalue weighted by atomic mass is 32.2. The van der Waals surface area contributed by atoms with Crippen molar-refractivity contribution in [3.8, 4) is 5.88 Å². The van der Waals surface area contributed by atoms with Gasteiger partial charge in [0.15, 0.2) is 0 Å². The van der Waals surface area contributed by atoms with E-state index in [2.05, 4.69) is 4.98 Å². The SMILES string of the molecule is CON(C)C(=O)c1ccnc(OC2CCSC2)c1. The second-order valence-corrected chi connectivity index (χ2v) is 5.12. The van der Waals surface area contributed by atoms with Crippen LogP contribution in [0.25, 0.3) is 0 Å². The van der Waals surface area contributed by atoms with E-state index >= 15 is 0 Å². The third-order valence-electron chi connectivity index (χ3n) is 2.72. The number of hydrogen-bond donors (Lipinski definition) is 0. The molecule has 5 nitrogen and oxygen atoms in total. The van der Waals surface area contributed by atoms with Crippen molar-refractivity contribution < 1.29 is 14.4 Å². The summed E-state index contributed by atoms with van der Waals surface area (Å²) in [5, 5.41) is 1.17. The number of carbonyl (C=O) groups is 1. The zero-order valence-corrected chi connectivity index (χ0v) is 11.3. The van der Waals surface area contributed by atoms with Crippen molar-refractivity contribution in [2.24, 2.45) is 0 Å². The van der Waals surface area contributed by atoms with Crippen molar-refractivity contribution in [1.29, 1.82) is 0 Å². The molecule has 0 radical (unpaired) electrons. The van der Waals surface area contributed by atoms with Gasteiger partial charge in [-0.3, -0.25) is 9.63 Å². The molecule has 1 aliphatic rings. The summed E-state index contributed by atoms with van der Waals surface area (Å²) in [5.74, 6) is 2.39. The molecule has 1 unspecified atom stereocenters. The van der Waals surface area contributed by atoms with E-state index in [1.54, 1.807) is 25.4 Å². The lowest BCUT2D eigenvalue weighted by Gasteiger charge is -2.15. The molecule has 1 aromatic heterocycles. The molecular formula is C12H16N2O3S. The van der Waals surface area contributed by atoms with E-state index in [9.17, 15) is 4.79 Å². The minimum atomic E-state index is -0.217. The molecule has 6 heteroatoms. The fourth-order valence-electron chi connectivity index (χ4n) is 1.65. The van der Waals surface area contributed by atoms with Crippen LogP contribution >= 0.6 is 11.8 Å². The van der Waals surface area contributed by atoms with Gasteiger partial charge in [0.05, 0.1) is 7.11 Å². The van der Waals surface area contributed by atoms with Crippen LogP contribution in [-0.2, 0) is 4.84 Å². The van der Waals surface area contributed by atoms with Crippen LogP contribution in [0.2, 0.25) is 0 Å². The van der Waals surface area contributed by atoms with E-state index in [-0.39, 0.29) is 12.0 Å². The molecule has 0 aromatic carbocycles. The summed E-state index contributed by atoms with van der Waals surface area (Å²) < 4.78 is 5.74. The summed E-state index contributed by atoms with van der Waals surface area (Å²) in [5.41, 5.74) is 0.509. The average Bonchev–Trinajstić information content (AvgIpc) is 2.90. The quantitative estimate of drug-likeness (QED) is 0.776. The number of hydrogen-bond acceptors (Lipinski definition) is 5. The van der Waals surface area contributed by atoms with Gasteiger partial charge in [-0.15, -0.1) is 0 Å². The fraction of sp³-hybridized carbons (Fsp3) is 0.500. The van der Waals surface area contributed by atoms with Crippen LogP contribution in [0, 0.1) is 0 Å². The minimum Gasteiger partial charge on any atom is -0.473 e. The molecule has 0 bridgehead atoms. The standard InChI is InChI=1S/C12H16N2O3S/c1-14(16-2)12(15)9-3-5-13-11(7-9)17-10-4-6-18-8-10/h3,5,7,10H,4,6,8H2,1-2H3. The second-order valence-electron chi connectivity index (χ2n) is 3.97. The van der Waals surface area contributed by atoms with Gasteiger partial charge in [0.2, 0.25) is 5.88 Å². The highest BCUT2D eigenvalue weighted by Gasteiger charge is 2.18. The maximum Gasteiger partial charge on any atom is 0.277 e. The predicted molar refractivity (Wildman–Crippen MR) is 69.7 cm³/mol. The summed E-state index contributed by atoms with van der Waals surface area (Å²) in [4.78, 5) is 20.9. The normalized spacial score (nSPS) is 18.7. The molecule has 1 saturated heterocycles. The number of hydroxylamine groups is 2. The van der Waals surface area contributed by atoms with Crippen molar-refractivity contribution >= 4 is 17.7 Å². The van der Waals surface area contributed by atoms with Crippen molar-refractivity contribution in [3.05, 3.63) is 23.9 Å². The molecule has 1 aromatic rings. The van der Waals surface area contributed by atoms with Crippen LogP contribution in [0.15, 0.2) is 18.3 Å². The Morgan fingerprint density at radius 2 is 2.44 bits per heavy atom. The van der Waals surface area contributed by atoms with E-state index in [0.717, 1.165) is 17.9 Å². The molecule has 1 amide bonds. The first kappa shape index (κ1) is 13.2. The predicted octanol–water partition coefficient (Wildman–Crippen LogP) is 1.60. The van der Waals surface area contributed by atoms with Crippen LogP contribution in [0.4, 0.5) is 0 Å². The van der Waals surface area contributed by atoms with Gasteiger partial charge in [-0.2, -0.15) is 11.8 Å². The summed E-state index contributed by atoms with van der Waals surface area (Å²) in [7, 11) is 3.02. The molecule has 1 fully saturated rings. The summed E-state index contributed by atoms with van der Waals surface area (Å²) >= 11 is 1.87. The number of thioether (sulfide) groups is 1. The zero-order valence-electron chi connectivity index (χ0n) is 10.5. The molecule has 2 rings (SSSR count). The first-order valence-electron chi connectivity index (χ1n) is 5.73. The zero-order chi connectivity index (χ0) is 13.0. The Balaban J connectivity index is 2.06. The van der Waals surface area contributed by atoms with E-state index in [1.807, 2.05) is 11.8 Å². The van der Waals surface area contributed by atoms with Crippen molar-refractivity contribution in [3.63, 3.8) is 0 Å². The fourth-order valence-corrected chi connectivity index (χ4v) is 2.74. The van der Waals surface area contributed by atoms with Crippen molar-refractivity contribution in [2.45, 2.75) is 12.5 Å². The van der Waals surface area contributed by atoms with Gasteiger partial charge in [0, 0.05) is 30.6 Å². The smallest absolute Gasteiger partial charge is 0.277 e. The molecule has 1 aliphatic heterocycles. The Labute approximate surface area is 110 Å². The van der Waals surface area contributed by atoms with Gasteiger partial charge in [-0.1, -0.05) is 0 Å². The van der Waals surface area contributed by atoms with Crippen molar-refractivity contribution in [1.82, 2.24) is 10.0 Å². The van der Waals surface area contributed by atoms with Crippen molar-refractivity contribution in [2.75, 3.05) is 25.7 Å². The molecule has 0 spiro atoms. The molecule has 2 heterocycles. The molecule has 0 N–H and O–H groups in total. The number of ether oxygens (including phenoxy) is 1. The molecule has 18 heavy (non-hydrogen) atoms. The van der Waals surface area contributed by atoms with Crippen LogP contribution in [0.5, 0.6) is 5.88 Å². The summed E-state index contributed by atoms with van der Waals surface area (Å²) in [6, 6.07) is 3.30. The lowest BCUT2D eigenvalue weighted by Crippen LogP contribution is -2.25. The third-order valence-corrected chi connectivity index (χ3v) is 3.85. The molecular weight excluding hydrogens is 252 g/mol. The van der Waals surface area contributed by atoms with E-state index in [0.29, 0.717) is 11.4 Å². The largest absolute Gasteiger partial charge is 0.473 e. The Bertz CT molecular complexity index is 422. The van der Waals surface area contributed by atoms with Crippen LogP contribution in [-0.4, -0.2) is 47.7 Å². The van der Waals surface area contributed by atoms with Gasteiger partial charge in [0.1, 0.15) is 6.10 Å². The van der Waals surface area contributed by atoms with E-state index in [1.165, 1.54) is 12.2 Å². The minimum absolute atomic E-state index is 0.202. The van der Waals surface area contributed by atoms with Gasteiger partial charge < -0.3 is 4.74 Å². The first-order chi connectivity index (χ1) is 8.70. The number of carbonyl (C=O) groups excluding carboxylic acids is 1. The average molecular weight is 268 g/mol. The van der Waals surface area contributed by atoms with Gasteiger partial charge >= 0.3 is 0 Å². The molecule has 98 valence electrons. The molecule has 0 aliphatic carbocycles. The molecule has 0 saturated carbocycles. The second kappa shape index (κ2) is 6.06. The van der Waals surface area contributed by atoms with E-state index in [4.69, 9.17) is 9.57 Å². The maximum atomic E-state index is 11.9. The number of pyridine rings is 1. The van der Waals surface area contributed by atoms with Gasteiger partial charge in [-0.25, -0.2) is 10.0 Å². The topological polar surface area (TPSA) is 51.7 Å². The monoisotopic (exact) mass is 268 g/mol. The van der Waals surface area contributed by atoms with Crippen LogP contribution < -0.4 is 4.74 Å². The number of amides is 1.